The molecule has 30 heavy (non-hydrogen) atoms. The molecule has 0 atom stereocenters. The molecule has 0 unspecified atom stereocenters. The summed E-state index contributed by atoms with van der Waals surface area (Å²) in [5, 5.41) is 7.38. The maximum Gasteiger partial charge on any atom is 0.416 e. The molecule has 4 rings (SSSR count). The minimum Gasteiger partial charge on any atom is -0.497 e. The third-order valence-corrected chi connectivity index (χ3v) is 5.33. The van der Waals surface area contributed by atoms with Gasteiger partial charge in [0.2, 0.25) is 5.13 Å². The highest BCUT2D eigenvalue weighted by molar-refractivity contribution is 7.20. The number of alkyl halides is 3. The lowest BCUT2D eigenvalue weighted by atomic mass is 10.1. The Kier molecular flexibility index (Phi) is 5.17. The van der Waals surface area contributed by atoms with E-state index in [9.17, 15) is 18.0 Å². The molecule has 6 nitrogen and oxygen atoms in total. The second-order valence-electron chi connectivity index (χ2n) is 6.39. The van der Waals surface area contributed by atoms with Gasteiger partial charge < -0.3 is 10.1 Å². The fourth-order valence-corrected chi connectivity index (χ4v) is 3.73. The highest BCUT2D eigenvalue weighted by atomic mass is 32.1. The predicted octanol–water partition coefficient (Wildman–Crippen LogP) is 4.44. The summed E-state index contributed by atoms with van der Waals surface area (Å²) in [6.45, 7) is -0.0918. The molecule has 0 saturated carbocycles. The lowest BCUT2D eigenvalue weighted by Gasteiger charge is -2.12. The average Bonchev–Trinajstić information content (AvgIpc) is 3.38. The highest BCUT2D eigenvalue weighted by Crippen LogP contribution is 2.32. The van der Waals surface area contributed by atoms with E-state index in [-0.39, 0.29) is 23.4 Å². The Morgan fingerprint density at radius 1 is 1.23 bits per heavy atom. The first-order valence-corrected chi connectivity index (χ1v) is 9.59. The Hall–Kier alpha value is -3.40. The van der Waals surface area contributed by atoms with Gasteiger partial charge in [0.1, 0.15) is 5.75 Å². The van der Waals surface area contributed by atoms with E-state index >= 15 is 0 Å². The number of aromatic nitrogens is 3. The number of hydrogen-bond acceptors (Lipinski definition) is 5. The van der Waals surface area contributed by atoms with Gasteiger partial charge in [-0.15, -0.1) is 0 Å². The van der Waals surface area contributed by atoms with Gasteiger partial charge in [-0.25, -0.2) is 9.67 Å². The van der Waals surface area contributed by atoms with Crippen LogP contribution in [0.4, 0.5) is 13.2 Å². The van der Waals surface area contributed by atoms with Crippen LogP contribution in [0, 0.1) is 0 Å². The summed E-state index contributed by atoms with van der Waals surface area (Å²) >= 11 is 1.43. The van der Waals surface area contributed by atoms with Crippen molar-refractivity contribution in [3.63, 3.8) is 0 Å². The second kappa shape index (κ2) is 7.79. The predicted molar refractivity (Wildman–Crippen MR) is 106 cm³/mol. The smallest absolute Gasteiger partial charge is 0.416 e. The number of ether oxygens (including phenoxy) is 1. The number of halogens is 3. The lowest BCUT2D eigenvalue weighted by molar-refractivity contribution is -0.137. The van der Waals surface area contributed by atoms with Crippen molar-refractivity contribution >= 4 is 27.5 Å². The summed E-state index contributed by atoms with van der Waals surface area (Å²) in [6, 6.07) is 11.0. The third kappa shape index (κ3) is 4.13. The lowest BCUT2D eigenvalue weighted by Crippen LogP contribution is -2.22. The fraction of sp³-hybridized carbons (Fsp3) is 0.150. The number of fused-ring (bicyclic) bond motifs is 1. The van der Waals surface area contributed by atoms with Crippen LogP contribution in [0.2, 0.25) is 0 Å². The molecule has 2 heterocycles. The van der Waals surface area contributed by atoms with Crippen LogP contribution >= 0.6 is 11.3 Å². The Labute approximate surface area is 172 Å². The molecule has 1 N–H and O–H groups in total. The van der Waals surface area contributed by atoms with Gasteiger partial charge in [-0.2, -0.15) is 18.3 Å². The molecule has 2 aromatic carbocycles. The summed E-state index contributed by atoms with van der Waals surface area (Å²) in [5.74, 6) is -0.392. The van der Waals surface area contributed by atoms with Gasteiger partial charge in [-0.05, 0) is 35.9 Å². The van der Waals surface area contributed by atoms with Crippen molar-refractivity contribution in [2.24, 2.45) is 0 Å². The Bertz CT molecular complexity index is 1180. The van der Waals surface area contributed by atoms with Crippen molar-refractivity contribution in [1.29, 1.82) is 0 Å². The number of para-hydroxylation sites is 1. The van der Waals surface area contributed by atoms with E-state index in [1.54, 1.807) is 0 Å². The number of carbonyl (C=O) groups excluding carboxylic acids is 1. The van der Waals surface area contributed by atoms with Gasteiger partial charge in [-0.3, -0.25) is 4.79 Å². The van der Waals surface area contributed by atoms with Crippen LogP contribution < -0.4 is 10.1 Å². The van der Waals surface area contributed by atoms with Crippen LogP contribution in [-0.2, 0) is 12.7 Å². The number of methoxy groups -OCH3 is 1. The number of benzene rings is 2. The van der Waals surface area contributed by atoms with Gasteiger partial charge in [0.25, 0.3) is 5.91 Å². The zero-order valence-electron chi connectivity index (χ0n) is 15.6. The number of rotatable bonds is 5. The van der Waals surface area contributed by atoms with E-state index in [1.165, 1.54) is 41.6 Å². The Morgan fingerprint density at radius 2 is 2.03 bits per heavy atom. The summed E-state index contributed by atoms with van der Waals surface area (Å²) < 4.78 is 46.5. The second-order valence-corrected chi connectivity index (χ2v) is 7.40. The molecule has 1 amide bonds. The van der Waals surface area contributed by atoms with E-state index < -0.39 is 17.6 Å². The number of amides is 1. The van der Waals surface area contributed by atoms with Gasteiger partial charge in [-0.1, -0.05) is 23.5 Å². The average molecular weight is 432 g/mol. The molecule has 0 aliphatic heterocycles. The van der Waals surface area contributed by atoms with Crippen molar-refractivity contribution in [1.82, 2.24) is 20.1 Å². The molecule has 0 aliphatic rings. The quantitative estimate of drug-likeness (QED) is 0.506. The normalized spacial score (nSPS) is 11.6. The number of carbonyl (C=O) groups is 1. The molecular formula is C20H15F3N4O2S. The zero-order valence-corrected chi connectivity index (χ0v) is 16.4. The van der Waals surface area contributed by atoms with Crippen molar-refractivity contribution in [2.75, 3.05) is 7.11 Å². The van der Waals surface area contributed by atoms with E-state index in [2.05, 4.69) is 15.4 Å². The van der Waals surface area contributed by atoms with Gasteiger partial charge in [0, 0.05) is 12.7 Å². The molecule has 4 aromatic rings. The minimum atomic E-state index is -4.51. The van der Waals surface area contributed by atoms with Crippen LogP contribution in [0.15, 0.2) is 54.9 Å². The first-order valence-electron chi connectivity index (χ1n) is 8.77. The van der Waals surface area contributed by atoms with Crippen LogP contribution in [0.1, 0.15) is 21.5 Å². The van der Waals surface area contributed by atoms with Gasteiger partial charge in [0.05, 0.1) is 34.7 Å². The first-order chi connectivity index (χ1) is 14.3. The molecule has 0 fully saturated rings. The van der Waals surface area contributed by atoms with Gasteiger partial charge in [0.15, 0.2) is 0 Å². The molecule has 0 aliphatic carbocycles. The summed E-state index contributed by atoms with van der Waals surface area (Å²) in [6.07, 6.45) is -1.60. The van der Waals surface area contributed by atoms with Crippen molar-refractivity contribution in [2.45, 2.75) is 12.7 Å². The molecule has 0 spiro atoms. The Balaban J connectivity index is 1.49. The van der Waals surface area contributed by atoms with Crippen LogP contribution in [0.3, 0.4) is 0 Å². The van der Waals surface area contributed by atoms with E-state index in [4.69, 9.17) is 4.74 Å². The summed E-state index contributed by atoms with van der Waals surface area (Å²) in [5.41, 5.74) is 0.536. The van der Waals surface area contributed by atoms with Crippen LogP contribution in [-0.4, -0.2) is 27.8 Å². The summed E-state index contributed by atoms with van der Waals surface area (Å²) in [4.78, 5) is 16.9. The molecule has 2 aromatic heterocycles. The standard InChI is InChI=1S/C20H15F3N4O2S/c1-29-15-7-12(6-14(8-15)20(21,22)23)9-24-18(28)13-10-25-27(11-13)19-26-16-4-2-3-5-17(16)30-19/h2-8,10-11H,9H2,1H3,(H,24,28). The SMILES string of the molecule is COc1cc(CNC(=O)c2cnn(-c3nc4ccccc4s3)c2)cc(C(F)(F)F)c1. The maximum absolute atomic E-state index is 13.0. The zero-order chi connectivity index (χ0) is 21.3. The monoisotopic (exact) mass is 432 g/mol. The molecule has 0 bridgehead atoms. The molecule has 10 heteroatoms. The number of hydrogen-bond donors (Lipinski definition) is 1. The Morgan fingerprint density at radius 3 is 2.77 bits per heavy atom. The number of nitrogens with one attached hydrogen (secondary N) is 1. The largest absolute Gasteiger partial charge is 0.497 e. The van der Waals surface area contributed by atoms with E-state index in [0.717, 1.165) is 22.3 Å². The van der Waals surface area contributed by atoms with Gasteiger partial charge >= 0.3 is 6.18 Å². The molecule has 154 valence electrons. The molecule has 0 saturated heterocycles. The fourth-order valence-electron chi connectivity index (χ4n) is 2.83. The third-order valence-electron chi connectivity index (χ3n) is 4.31. The maximum atomic E-state index is 13.0. The highest BCUT2D eigenvalue weighted by Gasteiger charge is 2.31. The van der Waals surface area contributed by atoms with Crippen molar-refractivity contribution in [3.05, 3.63) is 71.5 Å². The van der Waals surface area contributed by atoms with E-state index in [1.807, 2.05) is 24.3 Å². The summed E-state index contributed by atoms with van der Waals surface area (Å²) in [7, 11) is 1.29. The minimum absolute atomic E-state index is 0.0673. The number of nitrogens with zero attached hydrogens (tertiary/aromatic N) is 3. The topological polar surface area (TPSA) is 69.0 Å². The van der Waals surface area contributed by atoms with Crippen LogP contribution in [0.25, 0.3) is 15.3 Å². The van der Waals surface area contributed by atoms with Crippen LogP contribution in [0.5, 0.6) is 5.75 Å². The first kappa shape index (κ1) is 19.9. The van der Waals surface area contributed by atoms with Crippen molar-refractivity contribution in [3.8, 4) is 10.9 Å². The number of thiazole rings is 1. The van der Waals surface area contributed by atoms with E-state index in [0.29, 0.717) is 5.13 Å². The van der Waals surface area contributed by atoms with Crippen molar-refractivity contribution < 1.29 is 22.7 Å². The molecular weight excluding hydrogens is 417 g/mol. The molecule has 0 radical (unpaired) electrons.